The highest BCUT2D eigenvalue weighted by atomic mass is 32.2. The van der Waals surface area contributed by atoms with Crippen LogP contribution in [0, 0.1) is 5.92 Å². The Morgan fingerprint density at radius 3 is 2.46 bits per heavy atom. The van der Waals surface area contributed by atoms with Crippen molar-refractivity contribution < 1.29 is 4.79 Å². The Labute approximate surface area is 158 Å². The van der Waals surface area contributed by atoms with Gasteiger partial charge in [-0.25, -0.2) is 0 Å². The van der Waals surface area contributed by atoms with E-state index in [9.17, 15) is 4.79 Å². The number of carbonyl (C=O) groups excluding carboxylic acids is 1. The molecule has 2 N–H and O–H groups in total. The molecule has 1 saturated heterocycles. The number of rotatable bonds is 6. The van der Waals surface area contributed by atoms with Gasteiger partial charge in [-0.15, -0.1) is 10.2 Å². The summed E-state index contributed by atoms with van der Waals surface area (Å²) in [4.78, 5) is 14.4. The Balaban J connectivity index is 1.61. The first-order valence-corrected chi connectivity index (χ1v) is 10.2. The molecule has 6 nitrogen and oxygen atoms in total. The van der Waals surface area contributed by atoms with Crippen LogP contribution in [0.25, 0.3) is 0 Å². The van der Waals surface area contributed by atoms with E-state index in [4.69, 9.17) is 5.73 Å². The summed E-state index contributed by atoms with van der Waals surface area (Å²) in [6, 6.07) is 10.1. The largest absolute Gasteiger partial charge is 0.368 e. The molecule has 0 radical (unpaired) electrons. The van der Waals surface area contributed by atoms with E-state index in [2.05, 4.69) is 26.6 Å². The van der Waals surface area contributed by atoms with Crippen LogP contribution in [-0.4, -0.2) is 33.8 Å². The second-order valence-electron chi connectivity index (χ2n) is 7.36. The summed E-state index contributed by atoms with van der Waals surface area (Å²) < 4.78 is 2.24. The quantitative estimate of drug-likeness (QED) is 0.789. The fraction of sp³-hybridized carbons (Fsp3) is 0.526. The smallest absolute Gasteiger partial charge is 0.235 e. The third-order valence-corrected chi connectivity index (χ3v) is 6.44. The van der Waals surface area contributed by atoms with Crippen molar-refractivity contribution >= 4 is 23.6 Å². The number of amides is 1. The van der Waals surface area contributed by atoms with Crippen LogP contribution in [0.15, 0.2) is 35.5 Å². The van der Waals surface area contributed by atoms with Crippen LogP contribution in [0.2, 0.25) is 0 Å². The van der Waals surface area contributed by atoms with Gasteiger partial charge in [0, 0.05) is 19.1 Å². The van der Waals surface area contributed by atoms with Crippen molar-refractivity contribution in [2.75, 3.05) is 18.0 Å². The molecule has 1 aromatic heterocycles. The lowest BCUT2D eigenvalue weighted by Crippen LogP contribution is -2.34. The maximum Gasteiger partial charge on any atom is 0.235 e. The van der Waals surface area contributed by atoms with Crippen molar-refractivity contribution in [2.45, 2.75) is 49.1 Å². The molecule has 1 saturated carbocycles. The van der Waals surface area contributed by atoms with Crippen molar-refractivity contribution in [2.24, 2.45) is 11.7 Å². The number of carbonyl (C=O) groups is 1. The Hall–Kier alpha value is -2.02. The van der Waals surface area contributed by atoms with Gasteiger partial charge >= 0.3 is 0 Å². The molecule has 4 rings (SSSR count). The van der Waals surface area contributed by atoms with Gasteiger partial charge in [-0.1, -0.05) is 49.0 Å². The Kier molecular flexibility index (Phi) is 4.89. The van der Waals surface area contributed by atoms with Gasteiger partial charge < -0.3 is 10.6 Å². The van der Waals surface area contributed by atoms with Gasteiger partial charge in [0.15, 0.2) is 5.16 Å². The number of hydrogen-bond acceptors (Lipinski definition) is 5. The van der Waals surface area contributed by atoms with Crippen LogP contribution < -0.4 is 10.6 Å². The summed E-state index contributed by atoms with van der Waals surface area (Å²) in [6.07, 6.45) is 4.67. The molecule has 0 unspecified atom stereocenters. The molecular weight excluding hydrogens is 346 g/mol. The highest BCUT2D eigenvalue weighted by Crippen LogP contribution is 2.44. The van der Waals surface area contributed by atoms with Gasteiger partial charge in [0.2, 0.25) is 11.9 Å². The molecule has 26 heavy (non-hydrogen) atoms. The maximum atomic E-state index is 12.1. The van der Waals surface area contributed by atoms with E-state index in [0.29, 0.717) is 6.04 Å². The number of primary amides is 1. The first kappa shape index (κ1) is 17.4. The molecular formula is C19H25N5OS. The molecule has 0 bridgehead atoms. The zero-order valence-corrected chi connectivity index (χ0v) is 15.9. The van der Waals surface area contributed by atoms with Gasteiger partial charge in [-0.2, -0.15) is 0 Å². The van der Waals surface area contributed by atoms with E-state index in [1.165, 1.54) is 24.6 Å². The molecule has 1 amide bonds. The molecule has 2 aromatic rings. The average molecular weight is 372 g/mol. The molecule has 138 valence electrons. The van der Waals surface area contributed by atoms with E-state index >= 15 is 0 Å². The first-order chi connectivity index (χ1) is 12.6. The number of anilines is 1. The van der Waals surface area contributed by atoms with Gasteiger partial charge in [-0.05, 0) is 37.2 Å². The average Bonchev–Trinajstić information content (AvgIpc) is 3.40. The van der Waals surface area contributed by atoms with Crippen LogP contribution in [0.4, 0.5) is 5.95 Å². The normalized spacial score (nSPS) is 19.5. The number of aromatic nitrogens is 3. The second kappa shape index (κ2) is 7.31. The van der Waals surface area contributed by atoms with Crippen molar-refractivity contribution in [3.05, 3.63) is 35.9 Å². The highest BCUT2D eigenvalue weighted by Gasteiger charge is 2.34. The standard InChI is InChI=1S/C19H25N5OS/c1-13-9-11-23(12-10-13)18-21-22-19(24(18)15-7-8-15)26-16(17(20)25)14-5-3-2-4-6-14/h2-6,13,15-16H,7-12H2,1H3,(H2,20,25)/t16-/m0/s1. The minimum Gasteiger partial charge on any atom is -0.368 e. The monoisotopic (exact) mass is 371 g/mol. The van der Waals surface area contributed by atoms with Gasteiger partial charge in [0.1, 0.15) is 5.25 Å². The summed E-state index contributed by atoms with van der Waals surface area (Å²) in [7, 11) is 0. The number of hydrogen-bond donors (Lipinski definition) is 1. The van der Waals surface area contributed by atoms with Crippen LogP contribution in [0.5, 0.6) is 0 Å². The molecule has 0 spiro atoms. The van der Waals surface area contributed by atoms with Crippen LogP contribution >= 0.6 is 11.8 Å². The Bertz CT molecular complexity index is 765. The number of nitrogens with zero attached hydrogens (tertiary/aromatic N) is 4. The Morgan fingerprint density at radius 2 is 1.85 bits per heavy atom. The van der Waals surface area contributed by atoms with E-state index in [1.807, 2.05) is 30.3 Å². The maximum absolute atomic E-state index is 12.1. The topological polar surface area (TPSA) is 77.0 Å². The van der Waals surface area contributed by atoms with E-state index in [0.717, 1.165) is 48.5 Å². The van der Waals surface area contributed by atoms with Gasteiger partial charge in [0.05, 0.1) is 0 Å². The third-order valence-electron chi connectivity index (χ3n) is 5.21. The predicted molar refractivity (Wildman–Crippen MR) is 103 cm³/mol. The van der Waals surface area contributed by atoms with Gasteiger partial charge in [-0.3, -0.25) is 9.36 Å². The SMILES string of the molecule is CC1CCN(c2nnc(S[C@H](C(N)=O)c3ccccc3)n2C2CC2)CC1. The van der Waals surface area contributed by atoms with Crippen molar-refractivity contribution in [1.29, 1.82) is 0 Å². The zero-order valence-electron chi connectivity index (χ0n) is 15.0. The molecule has 1 atom stereocenters. The lowest BCUT2D eigenvalue weighted by molar-refractivity contribution is -0.117. The van der Waals surface area contributed by atoms with Crippen molar-refractivity contribution in [3.63, 3.8) is 0 Å². The summed E-state index contributed by atoms with van der Waals surface area (Å²) >= 11 is 1.42. The number of piperidine rings is 1. The minimum absolute atomic E-state index is 0.347. The highest BCUT2D eigenvalue weighted by molar-refractivity contribution is 8.00. The molecule has 1 aromatic carbocycles. The van der Waals surface area contributed by atoms with E-state index in [1.54, 1.807) is 0 Å². The summed E-state index contributed by atoms with van der Waals surface area (Å²) in [5.41, 5.74) is 6.60. The molecule has 1 aliphatic carbocycles. The summed E-state index contributed by atoms with van der Waals surface area (Å²) in [5.74, 6) is 1.38. The van der Waals surface area contributed by atoms with Crippen LogP contribution in [-0.2, 0) is 4.79 Å². The number of nitrogens with two attached hydrogens (primary N) is 1. The fourth-order valence-electron chi connectivity index (χ4n) is 3.45. The number of benzene rings is 1. The molecule has 2 aliphatic rings. The lowest BCUT2D eigenvalue weighted by atomic mass is 10.00. The molecule has 2 heterocycles. The van der Waals surface area contributed by atoms with E-state index < -0.39 is 5.25 Å². The molecule has 1 aliphatic heterocycles. The van der Waals surface area contributed by atoms with Crippen molar-refractivity contribution in [1.82, 2.24) is 14.8 Å². The third kappa shape index (κ3) is 3.58. The van der Waals surface area contributed by atoms with Gasteiger partial charge in [0.25, 0.3) is 0 Å². The van der Waals surface area contributed by atoms with Crippen LogP contribution in [0.3, 0.4) is 0 Å². The van der Waals surface area contributed by atoms with Crippen molar-refractivity contribution in [3.8, 4) is 0 Å². The fourth-order valence-corrected chi connectivity index (χ4v) is 4.50. The van der Waals surface area contributed by atoms with Crippen LogP contribution in [0.1, 0.15) is 49.5 Å². The summed E-state index contributed by atoms with van der Waals surface area (Å²) in [6.45, 7) is 4.35. The van der Waals surface area contributed by atoms with E-state index in [-0.39, 0.29) is 5.91 Å². The lowest BCUT2D eigenvalue weighted by Gasteiger charge is -2.31. The second-order valence-corrected chi connectivity index (χ2v) is 8.44. The Morgan fingerprint density at radius 1 is 1.15 bits per heavy atom. The zero-order chi connectivity index (χ0) is 18.1. The number of thioether (sulfide) groups is 1. The predicted octanol–water partition coefficient (Wildman–Crippen LogP) is 3.17. The summed E-state index contributed by atoms with van der Waals surface area (Å²) in [5, 5.41) is 9.29. The first-order valence-electron chi connectivity index (χ1n) is 9.34. The minimum atomic E-state index is -0.452. The molecule has 7 heteroatoms. The molecule has 2 fully saturated rings.